The maximum atomic E-state index is 14.1. The molecule has 4 aliphatic rings. The number of amides is 2. The van der Waals surface area contributed by atoms with Gasteiger partial charge in [0, 0.05) is 45.2 Å². The molecule has 1 saturated heterocycles. The van der Waals surface area contributed by atoms with Crippen LogP contribution in [0.2, 0.25) is 0 Å². The van der Waals surface area contributed by atoms with Crippen LogP contribution in [0.4, 0.5) is 23.4 Å². The first-order valence-corrected chi connectivity index (χ1v) is 15.9. The zero-order chi connectivity index (χ0) is 32.1. The van der Waals surface area contributed by atoms with Gasteiger partial charge in [-0.15, -0.1) is 0 Å². The number of alkyl halides is 4. The summed E-state index contributed by atoms with van der Waals surface area (Å²) in [6, 6.07) is 0.756. The van der Waals surface area contributed by atoms with Crippen LogP contribution < -0.4 is 15.5 Å². The van der Waals surface area contributed by atoms with E-state index in [1.54, 1.807) is 16.9 Å². The van der Waals surface area contributed by atoms with Gasteiger partial charge in [0.2, 0.25) is 29.3 Å². The molecule has 3 aliphatic carbocycles. The fourth-order valence-corrected chi connectivity index (χ4v) is 6.90. The molecule has 0 aromatic carbocycles. The first-order valence-electron chi connectivity index (χ1n) is 15.9. The molecule has 1 aliphatic heterocycles. The monoisotopic (exact) mass is 648 g/mol. The van der Waals surface area contributed by atoms with Crippen LogP contribution in [0.3, 0.4) is 0 Å². The van der Waals surface area contributed by atoms with E-state index in [0.717, 1.165) is 18.4 Å². The van der Waals surface area contributed by atoms with Crippen LogP contribution in [0.15, 0.2) is 23.1 Å². The van der Waals surface area contributed by atoms with Crippen LogP contribution in [0.5, 0.6) is 0 Å². The summed E-state index contributed by atoms with van der Waals surface area (Å²) in [5.41, 5.74) is 1.64. The number of carbonyl (C=O) groups excluding carboxylic acids is 2. The lowest BCUT2D eigenvalue weighted by atomic mass is 9.79. The molecule has 16 heteroatoms. The van der Waals surface area contributed by atoms with Crippen LogP contribution in [-0.4, -0.2) is 74.9 Å². The van der Waals surface area contributed by atoms with Gasteiger partial charge in [0.25, 0.3) is 5.91 Å². The molecule has 7 rings (SSSR count). The number of nitrogens with one attached hydrogen (secondary N) is 2. The van der Waals surface area contributed by atoms with Gasteiger partial charge in [0.15, 0.2) is 5.65 Å². The van der Waals surface area contributed by atoms with Crippen molar-refractivity contribution in [2.24, 2.45) is 17.8 Å². The molecule has 46 heavy (non-hydrogen) atoms. The summed E-state index contributed by atoms with van der Waals surface area (Å²) >= 11 is 0. The van der Waals surface area contributed by atoms with Crippen molar-refractivity contribution in [1.29, 1.82) is 0 Å². The highest BCUT2D eigenvalue weighted by molar-refractivity contribution is 5.97. The third-order valence-electron chi connectivity index (χ3n) is 9.61. The second-order valence-electron chi connectivity index (χ2n) is 13.2. The Kier molecular flexibility index (Phi) is 8.09. The summed E-state index contributed by atoms with van der Waals surface area (Å²) in [4.78, 5) is 33.0. The molecule has 248 valence electrons. The molecule has 2 N–H and O–H groups in total. The molecule has 0 radical (unpaired) electrons. The molecule has 4 heterocycles. The van der Waals surface area contributed by atoms with Gasteiger partial charge in [-0.25, -0.2) is 31.7 Å². The lowest BCUT2D eigenvalue weighted by Crippen LogP contribution is -2.40. The highest BCUT2D eigenvalue weighted by Crippen LogP contribution is 2.45. The molecular formula is C30H36F4N8O4. The number of hydrogen-bond acceptors (Lipinski definition) is 9. The largest absolute Gasteiger partial charge is 0.378 e. The Morgan fingerprint density at radius 2 is 1.67 bits per heavy atom. The van der Waals surface area contributed by atoms with Crippen LogP contribution in [0, 0.1) is 17.8 Å². The molecule has 4 fully saturated rings. The third-order valence-corrected chi connectivity index (χ3v) is 9.61. The van der Waals surface area contributed by atoms with Gasteiger partial charge < -0.3 is 20.3 Å². The summed E-state index contributed by atoms with van der Waals surface area (Å²) in [6.45, 7) is 1.95. The molecule has 0 bridgehead atoms. The third kappa shape index (κ3) is 6.67. The van der Waals surface area contributed by atoms with Gasteiger partial charge in [-0.05, 0) is 65.4 Å². The maximum absolute atomic E-state index is 14.1. The normalized spacial score (nSPS) is 23.1. The Balaban J connectivity index is 1.12. The lowest BCUT2D eigenvalue weighted by molar-refractivity contribution is -0.134. The number of imidazole rings is 1. The molecule has 3 aromatic rings. The van der Waals surface area contributed by atoms with E-state index in [4.69, 9.17) is 14.3 Å². The van der Waals surface area contributed by atoms with Gasteiger partial charge >= 0.3 is 0 Å². The predicted molar refractivity (Wildman–Crippen MR) is 153 cm³/mol. The number of rotatable bonds is 10. The van der Waals surface area contributed by atoms with Crippen molar-refractivity contribution in [3.63, 3.8) is 0 Å². The van der Waals surface area contributed by atoms with E-state index in [0.29, 0.717) is 37.6 Å². The number of fused-ring (bicyclic) bond motifs is 1. The van der Waals surface area contributed by atoms with E-state index in [-0.39, 0.29) is 86.2 Å². The van der Waals surface area contributed by atoms with Crippen LogP contribution in [-0.2, 0) is 9.53 Å². The molecule has 0 spiro atoms. The number of ether oxygens (including phenoxy) is 1. The van der Waals surface area contributed by atoms with E-state index < -0.39 is 23.8 Å². The van der Waals surface area contributed by atoms with Gasteiger partial charge in [-0.2, -0.15) is 5.10 Å². The maximum Gasteiger partial charge on any atom is 0.278 e. The SMILES string of the molecule is O=C(CC1CC(F)(F)C1)NC(c1cnn2cc([C@@H](NC(=O)c3nonc3N3CCOCC3)C3CCC(F)(F)CC3)nc2c1)C1CC1. The second kappa shape index (κ2) is 12.1. The van der Waals surface area contributed by atoms with Crippen molar-refractivity contribution >= 4 is 23.3 Å². The molecule has 3 saturated carbocycles. The van der Waals surface area contributed by atoms with Crippen molar-refractivity contribution in [2.45, 2.75) is 81.7 Å². The number of anilines is 1. The number of aromatic nitrogens is 5. The van der Waals surface area contributed by atoms with Crippen molar-refractivity contribution < 1.29 is 36.5 Å². The quantitative estimate of drug-likeness (QED) is 0.309. The summed E-state index contributed by atoms with van der Waals surface area (Å²) in [5.74, 6) is -6.42. The lowest BCUT2D eigenvalue weighted by Gasteiger charge is -2.34. The Morgan fingerprint density at radius 3 is 2.37 bits per heavy atom. The van der Waals surface area contributed by atoms with Crippen molar-refractivity contribution in [2.75, 3.05) is 31.2 Å². The number of morpholine rings is 1. The highest BCUT2D eigenvalue weighted by atomic mass is 19.3. The van der Waals surface area contributed by atoms with Crippen LogP contribution in [0.25, 0.3) is 5.65 Å². The minimum absolute atomic E-state index is 0.00847. The molecule has 2 amide bonds. The Labute approximate surface area is 261 Å². The minimum Gasteiger partial charge on any atom is -0.378 e. The van der Waals surface area contributed by atoms with E-state index >= 15 is 0 Å². The molecule has 1 unspecified atom stereocenters. The topological polar surface area (TPSA) is 140 Å². The number of nitrogens with zero attached hydrogens (tertiary/aromatic N) is 6. The fourth-order valence-electron chi connectivity index (χ4n) is 6.90. The van der Waals surface area contributed by atoms with E-state index in [9.17, 15) is 27.2 Å². The van der Waals surface area contributed by atoms with Gasteiger partial charge in [-0.1, -0.05) is 0 Å². The Morgan fingerprint density at radius 1 is 0.957 bits per heavy atom. The average molecular weight is 649 g/mol. The first kappa shape index (κ1) is 30.8. The highest BCUT2D eigenvalue weighted by Gasteiger charge is 2.46. The van der Waals surface area contributed by atoms with E-state index in [1.807, 2.05) is 11.0 Å². The van der Waals surface area contributed by atoms with Gasteiger partial charge in [0.05, 0.1) is 43.4 Å². The summed E-state index contributed by atoms with van der Waals surface area (Å²) in [5, 5.41) is 18.3. The Hall–Kier alpha value is -3.82. The molecular weight excluding hydrogens is 612 g/mol. The van der Waals surface area contributed by atoms with E-state index in [1.165, 1.54) is 0 Å². The standard InChI is InChI=1S/C30H36F4N8O4/c31-29(32)5-3-19(4-6-29)25(38-28(44)26-27(40-46-39-26)41-7-9-45-10-8-41)21-16-42-22(36-21)12-20(15-35-42)24(18-1-2-18)37-23(43)11-17-13-30(33,34)14-17/h12,15-19,24-25H,1-11,13-14H2,(H,37,43)(H,38,44)/t24?,25-/m0/s1. The van der Waals surface area contributed by atoms with Gasteiger partial charge in [-0.3, -0.25) is 9.59 Å². The average Bonchev–Trinajstić information content (AvgIpc) is 3.57. The van der Waals surface area contributed by atoms with Crippen molar-refractivity contribution in [3.8, 4) is 0 Å². The number of carbonyl (C=O) groups is 2. The fraction of sp³-hybridized carbons (Fsp3) is 0.667. The number of halogens is 4. The Bertz CT molecular complexity index is 1570. The molecule has 3 aromatic heterocycles. The molecule has 2 atom stereocenters. The molecule has 12 nitrogen and oxygen atoms in total. The summed E-state index contributed by atoms with van der Waals surface area (Å²) < 4.78 is 66.7. The minimum atomic E-state index is -2.76. The van der Waals surface area contributed by atoms with Gasteiger partial charge in [0.1, 0.15) is 0 Å². The predicted octanol–water partition coefficient (Wildman–Crippen LogP) is 4.25. The summed E-state index contributed by atoms with van der Waals surface area (Å²) in [7, 11) is 0. The van der Waals surface area contributed by atoms with E-state index in [2.05, 4.69) is 26.0 Å². The second-order valence-corrected chi connectivity index (χ2v) is 13.2. The summed E-state index contributed by atoms with van der Waals surface area (Å²) in [6.07, 6.45) is 4.43. The van der Waals surface area contributed by atoms with Crippen LogP contribution in [0.1, 0.15) is 91.6 Å². The zero-order valence-corrected chi connectivity index (χ0v) is 25.1. The number of hydrogen-bond donors (Lipinski definition) is 2. The van der Waals surface area contributed by atoms with Crippen LogP contribution >= 0.6 is 0 Å². The van der Waals surface area contributed by atoms with Crippen molar-refractivity contribution in [1.82, 2.24) is 35.5 Å². The first-order chi connectivity index (χ1) is 22.0. The zero-order valence-electron chi connectivity index (χ0n) is 25.1. The smallest absolute Gasteiger partial charge is 0.278 e. The van der Waals surface area contributed by atoms with Crippen molar-refractivity contribution in [3.05, 3.63) is 35.4 Å².